The number of nitrogens with two attached hydrogens (primary N) is 1. The maximum Gasteiger partial charge on any atom is 0.336 e. The number of Topliss-reactive ketones (excluding diaryl/α,β-unsaturated/α-hetero) is 1. The normalized spacial score (nSPS) is 11.1. The van der Waals surface area contributed by atoms with Gasteiger partial charge in [-0.1, -0.05) is 153 Å². The second-order valence-electron chi connectivity index (χ2n) is 23.6. The van der Waals surface area contributed by atoms with E-state index >= 15 is 0 Å². The summed E-state index contributed by atoms with van der Waals surface area (Å²) in [5, 5.41) is 44.7. The summed E-state index contributed by atoms with van der Waals surface area (Å²) in [5.74, 6) is -7.01. The second kappa shape index (κ2) is 39.1. The number of aromatic carboxylic acids is 4. The predicted octanol–water partition coefficient (Wildman–Crippen LogP) is 10.7. The number of anilines is 3. The summed E-state index contributed by atoms with van der Waals surface area (Å²) in [4.78, 5) is 105. The molecular formula is C77H79N7O19S3. The third kappa shape index (κ3) is 25.5. The van der Waals surface area contributed by atoms with Crippen molar-refractivity contribution < 1.29 is 88.8 Å². The molecule has 0 saturated heterocycles. The summed E-state index contributed by atoms with van der Waals surface area (Å²) in [6, 6.07) is 60.5. The quantitative estimate of drug-likeness (QED) is 0.0202. The Kier molecular flexibility index (Phi) is 30.7. The molecule has 0 bridgehead atoms. The van der Waals surface area contributed by atoms with E-state index in [9.17, 15) is 83.7 Å². The van der Waals surface area contributed by atoms with Crippen molar-refractivity contribution in [1.82, 2.24) is 12.9 Å². The molecule has 0 saturated carbocycles. The average Bonchev–Trinajstić information content (AvgIpc) is 0.854. The molecule has 0 radical (unpaired) electrons. The fourth-order valence-electron chi connectivity index (χ4n) is 10.2. The van der Waals surface area contributed by atoms with E-state index < -0.39 is 71.7 Å². The first-order chi connectivity index (χ1) is 50.2. The van der Waals surface area contributed by atoms with Gasteiger partial charge in [0.2, 0.25) is 36.0 Å². The lowest BCUT2D eigenvalue weighted by Gasteiger charge is -2.18. The Labute approximate surface area is 613 Å². The minimum absolute atomic E-state index is 0.00585. The first-order valence-corrected chi connectivity index (χ1v) is 37.5. The Hall–Kier alpha value is -11.9. The Morgan fingerprint density at radius 3 is 1.13 bits per heavy atom. The number of hydrogen-bond donors (Lipinski definition) is 8. The van der Waals surface area contributed by atoms with Gasteiger partial charge in [-0.15, -0.1) is 0 Å². The molecule has 26 nitrogen and oxygen atoms in total. The van der Waals surface area contributed by atoms with Crippen molar-refractivity contribution in [1.29, 1.82) is 0 Å². The molecule has 0 atom stereocenters. The van der Waals surface area contributed by atoms with E-state index in [1.54, 1.807) is 184 Å². The number of carboxylic acids is 4. The standard InChI is InChI=1S/C24H23NO5S.2C18H20N2O5S.C17H16N2O4/c1-25(31(29,30)17-18-8-3-2-4-9-18)16-20-11-7-10-19(14-20)15-23(26)21-12-5-6-13-22(21)24(27)28;1-3-20(26(2,24)25)12-13-7-6-8-14(11-13)19-17(21)15-9-4-5-10-16(15)18(22)23;1-3-26(24,25)20(2)12-13-7-6-8-14(11-13)19-17(21)15-9-4-5-10-16(15)18(22)23;18-15(20)10-7-11-5-8-12(9-6-11)19-16(21)13-3-1-2-4-14(13)17(22)23/h2-14H,15-17H2,1H3,(H,27,28);2*4-11H,3,12H2,1-2H3,(H,19,21)(H,22,23);1-6,8-9H,7,10H2,(H2,18,20)(H,19,21)(H,22,23). The number of hydrogen-bond acceptors (Lipinski definition) is 15. The zero-order valence-electron chi connectivity index (χ0n) is 58.3. The highest BCUT2D eigenvalue weighted by Gasteiger charge is 2.24. The predicted molar refractivity (Wildman–Crippen MR) is 401 cm³/mol. The van der Waals surface area contributed by atoms with Crippen LogP contribution in [-0.2, 0) is 73.1 Å². The van der Waals surface area contributed by atoms with Gasteiger partial charge in [0.1, 0.15) is 0 Å². The van der Waals surface area contributed by atoms with Gasteiger partial charge < -0.3 is 42.1 Å². The van der Waals surface area contributed by atoms with Gasteiger partial charge in [-0.2, -0.15) is 4.31 Å². The highest BCUT2D eigenvalue weighted by atomic mass is 32.2. The van der Waals surface area contributed by atoms with Crippen LogP contribution in [0.5, 0.6) is 0 Å². The molecule has 9 aromatic rings. The largest absolute Gasteiger partial charge is 0.478 e. The fraction of sp³-hybridized carbons (Fsp3) is 0.182. The highest BCUT2D eigenvalue weighted by molar-refractivity contribution is 7.89. The smallest absolute Gasteiger partial charge is 0.336 e. The van der Waals surface area contributed by atoms with Gasteiger partial charge in [0.25, 0.3) is 17.7 Å². The van der Waals surface area contributed by atoms with Gasteiger partial charge >= 0.3 is 23.9 Å². The van der Waals surface area contributed by atoms with Crippen LogP contribution in [0.25, 0.3) is 0 Å². The Morgan fingerprint density at radius 1 is 0.377 bits per heavy atom. The molecule has 554 valence electrons. The summed E-state index contributed by atoms with van der Waals surface area (Å²) >= 11 is 0. The molecule has 0 fully saturated rings. The van der Waals surface area contributed by atoms with Crippen LogP contribution in [-0.4, -0.2) is 145 Å². The molecule has 0 aliphatic rings. The number of primary amides is 1. The maximum atomic E-state index is 12.7. The molecule has 106 heavy (non-hydrogen) atoms. The first kappa shape index (κ1) is 83.1. The van der Waals surface area contributed by atoms with Crippen LogP contribution in [0.15, 0.2) is 224 Å². The van der Waals surface area contributed by atoms with E-state index in [0.717, 1.165) is 17.4 Å². The number of carbonyl (C=O) groups excluding carboxylic acids is 5. The number of carbonyl (C=O) groups is 9. The van der Waals surface area contributed by atoms with Crippen molar-refractivity contribution in [3.05, 3.63) is 302 Å². The average molecular weight is 1500 g/mol. The molecule has 0 aromatic heterocycles. The maximum absolute atomic E-state index is 12.7. The Morgan fingerprint density at radius 2 is 0.726 bits per heavy atom. The second-order valence-corrected chi connectivity index (χ2v) is 30.0. The molecule has 9 rings (SSSR count). The van der Waals surface area contributed by atoms with Gasteiger partial charge in [0.15, 0.2) is 5.78 Å². The van der Waals surface area contributed by atoms with E-state index in [1.807, 2.05) is 6.07 Å². The lowest BCUT2D eigenvalue weighted by Crippen LogP contribution is -2.29. The third-order valence-electron chi connectivity index (χ3n) is 15.8. The fourth-order valence-corrected chi connectivity index (χ4v) is 13.1. The van der Waals surface area contributed by atoms with E-state index in [-0.39, 0.29) is 100 Å². The summed E-state index contributed by atoms with van der Waals surface area (Å²) in [6.07, 6.45) is 1.96. The van der Waals surface area contributed by atoms with Gasteiger partial charge in [-0.3, -0.25) is 24.0 Å². The van der Waals surface area contributed by atoms with Gasteiger partial charge in [-0.25, -0.2) is 53.0 Å². The van der Waals surface area contributed by atoms with E-state index in [0.29, 0.717) is 52.3 Å². The van der Waals surface area contributed by atoms with Crippen LogP contribution in [0.3, 0.4) is 0 Å². The number of amides is 4. The number of nitrogens with one attached hydrogen (secondary N) is 3. The third-order valence-corrected chi connectivity index (χ3v) is 20.7. The molecule has 9 N–H and O–H groups in total. The van der Waals surface area contributed by atoms with Crippen LogP contribution in [0.2, 0.25) is 0 Å². The zero-order valence-corrected chi connectivity index (χ0v) is 60.7. The summed E-state index contributed by atoms with van der Waals surface area (Å²) in [6.45, 7) is 4.18. The molecule has 9 aromatic carbocycles. The van der Waals surface area contributed by atoms with Crippen molar-refractivity contribution in [3.63, 3.8) is 0 Å². The van der Waals surface area contributed by atoms with E-state index in [4.69, 9.17) is 10.8 Å². The topological polar surface area (TPSA) is 409 Å². The molecule has 0 unspecified atom stereocenters. The van der Waals surface area contributed by atoms with Gasteiger partial charge in [-0.05, 0) is 126 Å². The Balaban J connectivity index is 0.000000223. The Bertz CT molecular complexity index is 5020. The number of carboxylic acid groups (broad SMARTS) is 4. The molecule has 0 heterocycles. The van der Waals surface area contributed by atoms with Crippen molar-refractivity contribution in [3.8, 4) is 0 Å². The molecule has 0 aliphatic carbocycles. The summed E-state index contributed by atoms with van der Waals surface area (Å²) in [5.41, 5.74) is 11.1. The molecule has 29 heteroatoms. The van der Waals surface area contributed by atoms with Crippen LogP contribution < -0.4 is 21.7 Å². The lowest BCUT2D eigenvalue weighted by atomic mass is 9.97. The molecular weight excluding hydrogens is 1420 g/mol. The minimum Gasteiger partial charge on any atom is -0.478 e. The lowest BCUT2D eigenvalue weighted by molar-refractivity contribution is -0.118. The number of ketones is 1. The zero-order chi connectivity index (χ0) is 77.9. The van der Waals surface area contributed by atoms with Gasteiger partial charge in [0, 0.05) is 75.7 Å². The van der Waals surface area contributed by atoms with Crippen molar-refractivity contribution in [2.75, 3.05) is 48.6 Å². The SMILES string of the molecule is CCN(Cc1cccc(NC(=O)c2ccccc2C(=O)O)c1)S(C)(=O)=O.CCS(=O)(=O)N(C)Cc1cccc(NC(=O)c2ccccc2C(=O)O)c1.CN(Cc1cccc(CC(=O)c2ccccc2C(=O)O)c1)S(=O)(=O)Cc1ccccc1.NC(=O)CCc1ccc(NC(=O)c2ccccc2C(=O)O)cc1. The van der Waals surface area contributed by atoms with Crippen LogP contribution in [0.4, 0.5) is 17.1 Å². The van der Waals surface area contributed by atoms with Crippen LogP contribution in [0, 0.1) is 0 Å². The molecule has 0 aliphatic heterocycles. The summed E-state index contributed by atoms with van der Waals surface area (Å²) in [7, 11) is -7.12. The monoisotopic (exact) mass is 1500 g/mol. The van der Waals surface area contributed by atoms with Gasteiger partial charge in [0.05, 0.1) is 56.7 Å². The van der Waals surface area contributed by atoms with Crippen LogP contribution >= 0.6 is 0 Å². The first-order valence-electron chi connectivity index (χ1n) is 32.5. The molecule has 4 amide bonds. The number of sulfonamides is 3. The van der Waals surface area contributed by atoms with Crippen molar-refractivity contribution >= 4 is 100 Å². The summed E-state index contributed by atoms with van der Waals surface area (Å²) < 4.78 is 76.3. The van der Waals surface area contributed by atoms with E-state index in [2.05, 4.69) is 16.0 Å². The van der Waals surface area contributed by atoms with Crippen molar-refractivity contribution in [2.24, 2.45) is 5.73 Å². The minimum atomic E-state index is -3.50. The number of nitrogens with zero attached hydrogens (tertiary/aromatic N) is 3. The van der Waals surface area contributed by atoms with Crippen molar-refractivity contribution in [2.45, 2.75) is 58.5 Å². The number of rotatable bonds is 29. The van der Waals surface area contributed by atoms with Crippen LogP contribution in [0.1, 0.15) is 137 Å². The van der Waals surface area contributed by atoms with E-state index in [1.165, 1.54) is 75.5 Å². The number of aryl methyl sites for hydroxylation is 1. The highest BCUT2D eigenvalue weighted by Crippen LogP contribution is 2.22. The molecule has 0 spiro atoms. The number of benzene rings is 9.